The van der Waals surface area contributed by atoms with Crippen LogP contribution in [0.15, 0.2) is 34.3 Å². The zero-order valence-corrected chi connectivity index (χ0v) is 13.5. The van der Waals surface area contributed by atoms with E-state index in [2.05, 4.69) is 33.7 Å². The summed E-state index contributed by atoms with van der Waals surface area (Å²) < 4.78 is 5.33. The summed E-state index contributed by atoms with van der Waals surface area (Å²) in [5.74, 6) is 4.45. The average Bonchev–Trinajstić information content (AvgIpc) is 3.15. The van der Waals surface area contributed by atoms with Crippen LogP contribution in [-0.4, -0.2) is 16.5 Å². The maximum Gasteiger partial charge on any atom is 0.142 e. The zero-order chi connectivity index (χ0) is 14.5. The minimum atomic E-state index is 0.787. The van der Waals surface area contributed by atoms with E-state index < -0.39 is 0 Å². The van der Waals surface area contributed by atoms with Gasteiger partial charge in [-0.15, -0.1) is 23.1 Å². The predicted octanol–water partition coefficient (Wildman–Crippen LogP) is 4.54. The summed E-state index contributed by atoms with van der Waals surface area (Å²) in [5, 5.41) is 6.58. The first-order valence-corrected chi connectivity index (χ1v) is 8.98. The Morgan fingerprint density at radius 2 is 2.24 bits per heavy atom. The third-order valence-electron chi connectivity index (χ3n) is 2.97. The molecule has 0 bridgehead atoms. The number of hydrogen-bond donors (Lipinski definition) is 1. The first kappa shape index (κ1) is 14.4. The lowest BCUT2D eigenvalue weighted by molar-refractivity contribution is 0.530. The van der Waals surface area contributed by atoms with Gasteiger partial charge in [-0.2, -0.15) is 0 Å². The first-order valence-electron chi connectivity index (χ1n) is 6.95. The molecule has 0 aliphatic carbocycles. The zero-order valence-electron chi connectivity index (χ0n) is 11.8. The molecular weight excluding hydrogens is 302 g/mol. The van der Waals surface area contributed by atoms with Gasteiger partial charge < -0.3 is 9.73 Å². The third kappa shape index (κ3) is 3.57. The number of aromatic nitrogens is 2. The maximum absolute atomic E-state index is 5.33. The molecule has 3 rings (SSSR count). The first-order chi connectivity index (χ1) is 10.4. The van der Waals surface area contributed by atoms with Crippen molar-refractivity contribution in [2.24, 2.45) is 0 Å². The van der Waals surface area contributed by atoms with Crippen molar-refractivity contribution < 1.29 is 4.42 Å². The number of hydrogen-bond acceptors (Lipinski definition) is 6. The Labute approximate surface area is 132 Å². The van der Waals surface area contributed by atoms with Gasteiger partial charge in [-0.1, -0.05) is 6.92 Å². The molecule has 21 heavy (non-hydrogen) atoms. The Morgan fingerprint density at radius 3 is 3.05 bits per heavy atom. The van der Waals surface area contributed by atoms with Crippen LogP contribution in [0.1, 0.15) is 24.9 Å². The van der Waals surface area contributed by atoms with Crippen molar-refractivity contribution in [2.75, 3.05) is 11.9 Å². The number of thioether (sulfide) groups is 1. The second kappa shape index (κ2) is 6.95. The lowest BCUT2D eigenvalue weighted by Crippen LogP contribution is -2.05. The van der Waals surface area contributed by atoms with Crippen molar-refractivity contribution in [2.45, 2.75) is 24.9 Å². The molecule has 3 aromatic heterocycles. The number of thiophene rings is 1. The molecule has 0 saturated carbocycles. The molecule has 6 heteroatoms. The highest BCUT2D eigenvalue weighted by atomic mass is 32.2. The molecule has 0 amide bonds. The van der Waals surface area contributed by atoms with Gasteiger partial charge in [0, 0.05) is 6.54 Å². The molecule has 3 aromatic rings. The van der Waals surface area contributed by atoms with Crippen LogP contribution in [0.3, 0.4) is 0 Å². The molecular formula is C15H17N3OS2. The molecule has 0 radical (unpaired) electrons. The van der Waals surface area contributed by atoms with E-state index in [4.69, 9.17) is 4.42 Å². The van der Waals surface area contributed by atoms with Crippen LogP contribution >= 0.6 is 23.1 Å². The summed E-state index contributed by atoms with van der Waals surface area (Å²) in [4.78, 5) is 10.4. The molecule has 110 valence electrons. The minimum Gasteiger partial charge on any atom is -0.468 e. The van der Waals surface area contributed by atoms with E-state index in [0.717, 1.165) is 52.1 Å². The number of nitrogens with zero attached hydrogens (tertiary/aromatic N) is 2. The quantitative estimate of drug-likeness (QED) is 0.693. The SMILES string of the molecule is CCCNc1nc(CSCc2ccco2)nc2sccc12. The van der Waals surface area contributed by atoms with E-state index in [1.165, 1.54) is 0 Å². The Bertz CT molecular complexity index is 694. The number of furan rings is 1. The molecule has 0 atom stereocenters. The van der Waals surface area contributed by atoms with E-state index in [0.29, 0.717) is 0 Å². The summed E-state index contributed by atoms with van der Waals surface area (Å²) >= 11 is 3.43. The van der Waals surface area contributed by atoms with Gasteiger partial charge in [0.1, 0.15) is 22.2 Å². The molecule has 1 N–H and O–H groups in total. The monoisotopic (exact) mass is 319 g/mol. The summed E-state index contributed by atoms with van der Waals surface area (Å²) in [7, 11) is 0. The van der Waals surface area contributed by atoms with Crippen LogP contribution in [0.5, 0.6) is 0 Å². The molecule has 0 spiro atoms. The van der Waals surface area contributed by atoms with Crippen LogP contribution in [0, 0.1) is 0 Å². The van der Waals surface area contributed by atoms with E-state index in [-0.39, 0.29) is 0 Å². The van der Waals surface area contributed by atoms with Crippen LogP contribution in [0.25, 0.3) is 10.2 Å². The van der Waals surface area contributed by atoms with Crippen molar-refractivity contribution in [1.29, 1.82) is 0 Å². The number of nitrogens with one attached hydrogen (secondary N) is 1. The van der Waals surface area contributed by atoms with Gasteiger partial charge in [-0.05, 0) is 30.0 Å². The predicted molar refractivity (Wildman–Crippen MR) is 89.9 cm³/mol. The van der Waals surface area contributed by atoms with Gasteiger partial charge in [-0.25, -0.2) is 9.97 Å². The molecule has 4 nitrogen and oxygen atoms in total. The fourth-order valence-electron chi connectivity index (χ4n) is 1.98. The van der Waals surface area contributed by atoms with Gasteiger partial charge in [0.25, 0.3) is 0 Å². The van der Waals surface area contributed by atoms with Gasteiger partial charge in [0.2, 0.25) is 0 Å². The maximum atomic E-state index is 5.33. The summed E-state index contributed by atoms with van der Waals surface area (Å²) in [6, 6.07) is 5.99. The highest BCUT2D eigenvalue weighted by molar-refractivity contribution is 7.97. The lowest BCUT2D eigenvalue weighted by atomic mass is 10.3. The second-order valence-corrected chi connectivity index (χ2v) is 6.51. The Balaban J connectivity index is 1.72. The summed E-state index contributed by atoms with van der Waals surface area (Å²) in [6.45, 7) is 3.08. The number of fused-ring (bicyclic) bond motifs is 1. The molecule has 0 aliphatic rings. The minimum absolute atomic E-state index is 0.787. The van der Waals surface area contributed by atoms with E-state index in [1.807, 2.05) is 12.1 Å². The van der Waals surface area contributed by atoms with Crippen molar-refractivity contribution in [3.63, 3.8) is 0 Å². The average molecular weight is 319 g/mol. The van der Waals surface area contributed by atoms with E-state index >= 15 is 0 Å². The van der Waals surface area contributed by atoms with Gasteiger partial charge in [0.15, 0.2) is 0 Å². The van der Waals surface area contributed by atoms with Gasteiger partial charge in [0.05, 0.1) is 23.2 Å². The lowest BCUT2D eigenvalue weighted by Gasteiger charge is -2.07. The van der Waals surface area contributed by atoms with Crippen LogP contribution in [0.2, 0.25) is 0 Å². The van der Waals surface area contributed by atoms with Crippen LogP contribution in [-0.2, 0) is 11.5 Å². The summed E-state index contributed by atoms with van der Waals surface area (Å²) in [6.07, 6.45) is 2.79. The summed E-state index contributed by atoms with van der Waals surface area (Å²) in [5.41, 5.74) is 0. The molecule has 0 fully saturated rings. The number of rotatable bonds is 7. The Hall–Kier alpha value is -1.53. The van der Waals surface area contributed by atoms with Crippen molar-refractivity contribution in [3.05, 3.63) is 41.4 Å². The highest BCUT2D eigenvalue weighted by Gasteiger charge is 2.09. The smallest absolute Gasteiger partial charge is 0.142 e. The largest absolute Gasteiger partial charge is 0.468 e. The topological polar surface area (TPSA) is 51.0 Å². The molecule has 3 heterocycles. The molecule has 0 aromatic carbocycles. The Kier molecular flexibility index (Phi) is 4.77. The second-order valence-electron chi connectivity index (χ2n) is 4.63. The fraction of sp³-hybridized carbons (Fsp3) is 0.333. The van der Waals surface area contributed by atoms with Gasteiger partial charge >= 0.3 is 0 Å². The fourth-order valence-corrected chi connectivity index (χ4v) is 3.54. The van der Waals surface area contributed by atoms with Gasteiger partial charge in [-0.3, -0.25) is 0 Å². The van der Waals surface area contributed by atoms with E-state index in [1.54, 1.807) is 29.4 Å². The van der Waals surface area contributed by atoms with Crippen molar-refractivity contribution in [3.8, 4) is 0 Å². The Morgan fingerprint density at radius 1 is 1.29 bits per heavy atom. The molecule has 0 unspecified atom stereocenters. The van der Waals surface area contributed by atoms with Crippen molar-refractivity contribution >= 4 is 39.1 Å². The normalized spacial score (nSPS) is 11.1. The number of anilines is 1. The highest BCUT2D eigenvalue weighted by Crippen LogP contribution is 2.26. The van der Waals surface area contributed by atoms with Crippen molar-refractivity contribution in [1.82, 2.24) is 9.97 Å². The molecule has 0 saturated heterocycles. The van der Waals surface area contributed by atoms with E-state index in [9.17, 15) is 0 Å². The standard InChI is InChI=1S/C15H17N3OS2/c1-2-6-16-14-12-5-8-21-15(12)18-13(17-14)10-20-9-11-4-3-7-19-11/h3-5,7-8H,2,6,9-10H2,1H3,(H,16,17,18). The van der Waals surface area contributed by atoms with Crippen LogP contribution < -0.4 is 5.32 Å². The third-order valence-corrected chi connectivity index (χ3v) is 4.73. The van der Waals surface area contributed by atoms with Crippen LogP contribution in [0.4, 0.5) is 5.82 Å². The molecule has 0 aliphatic heterocycles.